The predicted octanol–water partition coefficient (Wildman–Crippen LogP) is 17.0. The van der Waals surface area contributed by atoms with Gasteiger partial charge in [0.05, 0.1) is 16.8 Å². The minimum Gasteiger partial charge on any atom is -0.309 e. The van der Waals surface area contributed by atoms with Crippen LogP contribution in [0.4, 0.5) is 17.1 Å². The first-order valence-corrected chi connectivity index (χ1v) is 23.6. The fourth-order valence-electron chi connectivity index (χ4n) is 12.1. The molecule has 0 aliphatic heterocycles. The molecule has 0 saturated heterocycles. The third-order valence-electron chi connectivity index (χ3n) is 15.8. The van der Waals surface area contributed by atoms with Gasteiger partial charge in [0.15, 0.2) is 0 Å². The minimum absolute atomic E-state index is 0.0372. The van der Waals surface area contributed by atoms with Crippen LogP contribution in [-0.4, -0.2) is 0 Å². The SMILES string of the molecule is CC(C)c1ccc2c(c1N(c1ccccc1)c1cc3c(cc1-c1ccc4c(c1)C(C)(C)CCC4(C)C)-c1ccccc1C3(c1ccccc1)c1ccccc1)C(C)(C)CCC2(C)C. The quantitative estimate of drug-likeness (QED) is 0.155. The van der Waals surface area contributed by atoms with Crippen molar-refractivity contribution in [2.24, 2.45) is 0 Å². The van der Waals surface area contributed by atoms with Crippen LogP contribution in [0.2, 0.25) is 0 Å². The lowest BCUT2D eigenvalue weighted by molar-refractivity contribution is 0.332. The van der Waals surface area contributed by atoms with Crippen molar-refractivity contribution >= 4 is 17.1 Å². The Balaban J connectivity index is 1.40. The Hall–Kier alpha value is -5.66. The van der Waals surface area contributed by atoms with Crippen LogP contribution in [0, 0.1) is 0 Å². The molecule has 1 nitrogen and oxygen atoms in total. The fourth-order valence-corrected chi connectivity index (χ4v) is 12.1. The molecular weight excluding hydrogens is 759 g/mol. The number of hydrogen-bond acceptors (Lipinski definition) is 1. The first-order chi connectivity index (χ1) is 30.1. The molecule has 0 radical (unpaired) electrons. The molecule has 1 heteroatoms. The number of para-hydroxylation sites is 1. The Morgan fingerprint density at radius 1 is 0.413 bits per heavy atom. The molecule has 0 fully saturated rings. The van der Waals surface area contributed by atoms with Gasteiger partial charge in [0, 0.05) is 11.3 Å². The number of fused-ring (bicyclic) bond motifs is 5. The van der Waals surface area contributed by atoms with Gasteiger partial charge in [-0.3, -0.25) is 0 Å². The second-order valence-electron chi connectivity index (χ2n) is 22.0. The van der Waals surface area contributed by atoms with Crippen LogP contribution in [0.3, 0.4) is 0 Å². The maximum Gasteiger partial charge on any atom is 0.0714 e. The number of nitrogens with zero attached hydrogens (tertiary/aromatic N) is 1. The Morgan fingerprint density at radius 2 is 0.937 bits per heavy atom. The molecule has 7 aromatic rings. The third kappa shape index (κ3) is 6.39. The van der Waals surface area contributed by atoms with Gasteiger partial charge in [-0.05, 0) is 144 Å². The summed E-state index contributed by atoms with van der Waals surface area (Å²) in [7, 11) is 0. The van der Waals surface area contributed by atoms with E-state index in [0.29, 0.717) is 5.92 Å². The first-order valence-electron chi connectivity index (χ1n) is 23.6. The topological polar surface area (TPSA) is 3.24 Å². The molecule has 0 spiro atoms. The maximum atomic E-state index is 2.71. The molecule has 0 atom stereocenters. The minimum atomic E-state index is -0.537. The van der Waals surface area contributed by atoms with E-state index in [-0.39, 0.29) is 21.7 Å². The van der Waals surface area contributed by atoms with Crippen molar-refractivity contribution in [3.8, 4) is 22.3 Å². The Morgan fingerprint density at radius 3 is 1.56 bits per heavy atom. The van der Waals surface area contributed by atoms with Gasteiger partial charge in [-0.2, -0.15) is 0 Å². The lowest BCUT2D eigenvalue weighted by Gasteiger charge is -2.46. The molecule has 63 heavy (non-hydrogen) atoms. The van der Waals surface area contributed by atoms with E-state index in [1.165, 1.54) is 109 Å². The molecule has 3 aliphatic rings. The number of benzene rings is 7. The maximum absolute atomic E-state index is 2.71. The van der Waals surface area contributed by atoms with Crippen LogP contribution < -0.4 is 4.90 Å². The molecule has 3 aliphatic carbocycles. The normalized spacial score (nSPS) is 18.2. The zero-order chi connectivity index (χ0) is 44.1. The van der Waals surface area contributed by atoms with Gasteiger partial charge < -0.3 is 4.90 Å². The zero-order valence-electron chi connectivity index (χ0n) is 39.4. The monoisotopic (exact) mass is 824 g/mol. The summed E-state index contributed by atoms with van der Waals surface area (Å²) in [5.41, 5.74) is 21.2. The molecule has 0 N–H and O–H groups in total. The lowest BCUT2D eigenvalue weighted by Crippen LogP contribution is -2.36. The summed E-state index contributed by atoms with van der Waals surface area (Å²) in [5.74, 6) is 0.305. The molecule has 0 bridgehead atoms. The Labute approximate surface area is 378 Å². The van der Waals surface area contributed by atoms with E-state index in [1.807, 2.05) is 0 Å². The second kappa shape index (κ2) is 14.7. The van der Waals surface area contributed by atoms with Gasteiger partial charge in [-0.25, -0.2) is 0 Å². The van der Waals surface area contributed by atoms with Crippen LogP contribution >= 0.6 is 0 Å². The molecule has 318 valence electrons. The molecular formula is C62H65N. The zero-order valence-corrected chi connectivity index (χ0v) is 39.4. The summed E-state index contributed by atoms with van der Waals surface area (Å²) >= 11 is 0. The molecule has 0 saturated carbocycles. The van der Waals surface area contributed by atoms with Crippen molar-refractivity contribution in [3.63, 3.8) is 0 Å². The molecule has 7 aromatic carbocycles. The molecule has 0 unspecified atom stereocenters. The second-order valence-corrected chi connectivity index (χ2v) is 22.0. The van der Waals surface area contributed by atoms with Crippen LogP contribution in [0.15, 0.2) is 158 Å². The Kier molecular flexibility index (Phi) is 9.65. The van der Waals surface area contributed by atoms with Crippen molar-refractivity contribution in [3.05, 3.63) is 208 Å². The number of hydrogen-bond donors (Lipinski definition) is 0. The van der Waals surface area contributed by atoms with Gasteiger partial charge >= 0.3 is 0 Å². The third-order valence-corrected chi connectivity index (χ3v) is 15.8. The number of rotatable bonds is 7. The van der Waals surface area contributed by atoms with Crippen molar-refractivity contribution in [1.29, 1.82) is 0 Å². The number of anilines is 3. The van der Waals surface area contributed by atoms with Gasteiger partial charge in [-0.15, -0.1) is 0 Å². The largest absolute Gasteiger partial charge is 0.309 e. The van der Waals surface area contributed by atoms with E-state index in [1.54, 1.807) is 0 Å². The van der Waals surface area contributed by atoms with Crippen molar-refractivity contribution < 1.29 is 0 Å². The lowest BCUT2D eigenvalue weighted by atomic mass is 9.61. The van der Waals surface area contributed by atoms with Crippen molar-refractivity contribution in [2.45, 2.75) is 128 Å². The fraction of sp³-hybridized carbons (Fsp3) is 0.323. The van der Waals surface area contributed by atoms with Crippen LogP contribution in [0.5, 0.6) is 0 Å². The van der Waals surface area contributed by atoms with Crippen molar-refractivity contribution in [1.82, 2.24) is 0 Å². The highest BCUT2D eigenvalue weighted by Gasteiger charge is 2.48. The summed E-state index contributed by atoms with van der Waals surface area (Å²) in [6, 6.07) is 60.9. The summed E-state index contributed by atoms with van der Waals surface area (Å²) in [6.07, 6.45) is 4.67. The molecule has 10 rings (SSSR count). The first kappa shape index (κ1) is 41.4. The predicted molar refractivity (Wildman–Crippen MR) is 269 cm³/mol. The summed E-state index contributed by atoms with van der Waals surface area (Å²) in [5, 5.41) is 0. The van der Waals surface area contributed by atoms with E-state index in [2.05, 4.69) is 232 Å². The highest BCUT2D eigenvalue weighted by Crippen LogP contribution is 2.61. The van der Waals surface area contributed by atoms with Crippen LogP contribution in [0.25, 0.3) is 22.3 Å². The summed E-state index contributed by atoms with van der Waals surface area (Å²) in [6.45, 7) is 24.5. The van der Waals surface area contributed by atoms with Gasteiger partial charge in [-0.1, -0.05) is 203 Å². The van der Waals surface area contributed by atoms with Crippen molar-refractivity contribution in [2.75, 3.05) is 4.90 Å². The summed E-state index contributed by atoms with van der Waals surface area (Å²) < 4.78 is 0. The van der Waals surface area contributed by atoms with Gasteiger partial charge in [0.2, 0.25) is 0 Å². The van der Waals surface area contributed by atoms with Gasteiger partial charge in [0.25, 0.3) is 0 Å². The van der Waals surface area contributed by atoms with E-state index in [0.717, 1.165) is 6.42 Å². The Bertz CT molecular complexity index is 2810. The standard InChI is InChI=1S/C62H65N/c1-41(2)46-31-33-52-56(61(9,10)37-36-59(52,5)6)57(46)63(45-26-18-13-19-27-45)55-40-53-49(39-48(55)42-30-32-51-54(38-42)60(7,8)35-34-58(51,3)4)47-28-20-21-29-50(47)62(53,43-22-14-11-15-23-43)44-24-16-12-17-25-44/h11-33,38-41H,34-37H2,1-10H3. The van der Waals surface area contributed by atoms with E-state index in [9.17, 15) is 0 Å². The van der Waals surface area contributed by atoms with Crippen LogP contribution in [-0.2, 0) is 27.1 Å². The average Bonchev–Trinajstić information content (AvgIpc) is 3.57. The van der Waals surface area contributed by atoms with E-state index >= 15 is 0 Å². The smallest absolute Gasteiger partial charge is 0.0714 e. The average molecular weight is 824 g/mol. The van der Waals surface area contributed by atoms with E-state index in [4.69, 9.17) is 0 Å². The van der Waals surface area contributed by atoms with Gasteiger partial charge in [0.1, 0.15) is 0 Å². The molecule has 0 aromatic heterocycles. The molecule has 0 heterocycles. The highest BCUT2D eigenvalue weighted by atomic mass is 15.2. The highest BCUT2D eigenvalue weighted by molar-refractivity contribution is 5.98. The summed E-state index contributed by atoms with van der Waals surface area (Å²) in [4.78, 5) is 2.71. The van der Waals surface area contributed by atoms with Crippen LogP contribution in [0.1, 0.15) is 151 Å². The molecule has 0 amide bonds. The van der Waals surface area contributed by atoms with E-state index < -0.39 is 5.41 Å².